The van der Waals surface area contributed by atoms with Crippen LogP contribution in [0.15, 0.2) is 30.3 Å². The lowest BCUT2D eigenvalue weighted by molar-refractivity contribution is 0.194. The first-order valence-corrected chi connectivity index (χ1v) is 6.38. The number of aromatic nitrogens is 1. The van der Waals surface area contributed by atoms with Gasteiger partial charge in [-0.1, -0.05) is 18.2 Å². The van der Waals surface area contributed by atoms with E-state index in [0.717, 1.165) is 36.9 Å². The monoisotopic (exact) mass is 255 g/mol. The van der Waals surface area contributed by atoms with Crippen molar-refractivity contribution in [3.63, 3.8) is 0 Å². The van der Waals surface area contributed by atoms with E-state index in [1.165, 1.54) is 0 Å². The molecule has 1 N–H and O–H groups in total. The van der Waals surface area contributed by atoms with Crippen molar-refractivity contribution < 1.29 is 4.74 Å². The van der Waals surface area contributed by atoms with Gasteiger partial charge < -0.3 is 10.1 Å². The largest absolute Gasteiger partial charge is 0.385 e. The molecule has 0 aliphatic rings. The highest BCUT2D eigenvalue weighted by Gasteiger charge is 2.05. The van der Waals surface area contributed by atoms with Crippen molar-refractivity contribution in [2.45, 2.75) is 12.8 Å². The van der Waals surface area contributed by atoms with Crippen LogP contribution >= 0.6 is 0 Å². The van der Waals surface area contributed by atoms with Crippen LogP contribution in [0, 0.1) is 11.3 Å². The van der Waals surface area contributed by atoms with Crippen LogP contribution in [0.2, 0.25) is 0 Å². The second-order valence-corrected chi connectivity index (χ2v) is 4.32. The average molecular weight is 255 g/mol. The molecule has 0 amide bonds. The van der Waals surface area contributed by atoms with Gasteiger partial charge in [0.05, 0.1) is 11.1 Å². The standard InChI is InChI=1S/C15H17N3O/c1-19-9-5-4-8-17-15-13(11-16)10-12-6-2-3-7-14(12)18-15/h2-3,6-7,10H,4-5,8-9H2,1H3,(H,17,18). The third-order valence-corrected chi connectivity index (χ3v) is 2.91. The van der Waals surface area contributed by atoms with E-state index in [4.69, 9.17) is 10.00 Å². The molecule has 0 saturated heterocycles. The summed E-state index contributed by atoms with van der Waals surface area (Å²) in [7, 11) is 1.70. The maximum atomic E-state index is 9.17. The molecule has 0 bridgehead atoms. The summed E-state index contributed by atoms with van der Waals surface area (Å²) >= 11 is 0. The summed E-state index contributed by atoms with van der Waals surface area (Å²) in [6.45, 7) is 1.56. The van der Waals surface area contributed by atoms with Crippen LogP contribution in [0.1, 0.15) is 18.4 Å². The molecule has 0 aliphatic carbocycles. The fourth-order valence-corrected chi connectivity index (χ4v) is 1.91. The Kier molecular flexibility index (Phi) is 4.71. The fraction of sp³-hybridized carbons (Fsp3) is 0.333. The highest BCUT2D eigenvalue weighted by molar-refractivity contribution is 5.82. The minimum absolute atomic E-state index is 0.588. The number of nitrogens with one attached hydrogen (secondary N) is 1. The van der Waals surface area contributed by atoms with Crippen molar-refractivity contribution in [2.24, 2.45) is 0 Å². The molecule has 0 saturated carbocycles. The van der Waals surface area contributed by atoms with E-state index in [2.05, 4.69) is 16.4 Å². The second kappa shape index (κ2) is 6.72. The van der Waals surface area contributed by atoms with Crippen LogP contribution in [0.3, 0.4) is 0 Å². The molecule has 1 aromatic carbocycles. The van der Waals surface area contributed by atoms with Crippen molar-refractivity contribution >= 4 is 16.7 Å². The van der Waals surface area contributed by atoms with Crippen LogP contribution in [-0.2, 0) is 4.74 Å². The molecule has 0 aliphatic heterocycles. The second-order valence-electron chi connectivity index (χ2n) is 4.32. The number of methoxy groups -OCH3 is 1. The first-order chi connectivity index (χ1) is 9.35. The van der Waals surface area contributed by atoms with E-state index >= 15 is 0 Å². The molecular formula is C15H17N3O. The maximum absolute atomic E-state index is 9.17. The van der Waals surface area contributed by atoms with Crippen LogP contribution in [0.5, 0.6) is 0 Å². The maximum Gasteiger partial charge on any atom is 0.144 e. The Bertz CT molecular complexity index is 589. The predicted octanol–water partition coefficient (Wildman–Crippen LogP) is 2.94. The third kappa shape index (κ3) is 3.43. The summed E-state index contributed by atoms with van der Waals surface area (Å²) in [4.78, 5) is 4.50. The number of hydrogen-bond acceptors (Lipinski definition) is 4. The van der Waals surface area contributed by atoms with Gasteiger partial charge in [-0.05, 0) is 25.0 Å². The summed E-state index contributed by atoms with van der Waals surface area (Å²) < 4.78 is 5.00. The van der Waals surface area contributed by atoms with E-state index < -0.39 is 0 Å². The van der Waals surface area contributed by atoms with Crippen LogP contribution < -0.4 is 5.32 Å². The number of anilines is 1. The van der Waals surface area contributed by atoms with Gasteiger partial charge in [0, 0.05) is 25.6 Å². The van der Waals surface area contributed by atoms with E-state index in [1.54, 1.807) is 7.11 Å². The number of benzene rings is 1. The summed E-state index contributed by atoms with van der Waals surface area (Å²) in [5.41, 5.74) is 1.49. The molecule has 2 aromatic rings. The zero-order valence-electron chi connectivity index (χ0n) is 11.0. The van der Waals surface area contributed by atoms with E-state index in [-0.39, 0.29) is 0 Å². The number of unbranched alkanes of at least 4 members (excludes halogenated alkanes) is 1. The predicted molar refractivity (Wildman–Crippen MR) is 76.1 cm³/mol. The first kappa shape index (κ1) is 13.3. The molecule has 19 heavy (non-hydrogen) atoms. The van der Waals surface area contributed by atoms with Crippen molar-refractivity contribution in [3.8, 4) is 6.07 Å². The zero-order chi connectivity index (χ0) is 13.5. The molecule has 0 radical (unpaired) electrons. The van der Waals surface area contributed by atoms with Crippen molar-refractivity contribution in [3.05, 3.63) is 35.9 Å². The fourth-order valence-electron chi connectivity index (χ4n) is 1.91. The molecular weight excluding hydrogens is 238 g/mol. The Balaban J connectivity index is 2.10. The van der Waals surface area contributed by atoms with E-state index in [0.29, 0.717) is 11.4 Å². The van der Waals surface area contributed by atoms with Gasteiger partial charge in [-0.2, -0.15) is 5.26 Å². The molecule has 1 heterocycles. The Morgan fingerprint density at radius 2 is 2.16 bits per heavy atom. The highest BCUT2D eigenvalue weighted by Crippen LogP contribution is 2.19. The zero-order valence-corrected chi connectivity index (χ0v) is 11.0. The Hall–Kier alpha value is -2.12. The van der Waals surface area contributed by atoms with Crippen LogP contribution in [0.25, 0.3) is 10.9 Å². The normalized spacial score (nSPS) is 10.3. The number of hydrogen-bond donors (Lipinski definition) is 1. The summed E-state index contributed by atoms with van der Waals surface area (Å²) in [6, 6.07) is 11.9. The molecule has 98 valence electrons. The summed E-state index contributed by atoms with van der Waals surface area (Å²) in [5, 5.41) is 13.4. The summed E-state index contributed by atoms with van der Waals surface area (Å²) in [5.74, 6) is 0.665. The molecule has 4 nitrogen and oxygen atoms in total. The molecule has 0 fully saturated rings. The third-order valence-electron chi connectivity index (χ3n) is 2.91. The first-order valence-electron chi connectivity index (χ1n) is 6.38. The van der Waals surface area contributed by atoms with Gasteiger partial charge in [0.1, 0.15) is 11.9 Å². The van der Waals surface area contributed by atoms with E-state index in [9.17, 15) is 0 Å². The molecule has 1 aromatic heterocycles. The topological polar surface area (TPSA) is 57.9 Å². The number of nitriles is 1. The van der Waals surface area contributed by atoms with Gasteiger partial charge in [0.25, 0.3) is 0 Å². The van der Waals surface area contributed by atoms with Gasteiger partial charge in [-0.25, -0.2) is 4.98 Å². The number of ether oxygens (including phenoxy) is 1. The van der Waals surface area contributed by atoms with Crippen molar-refractivity contribution in [1.29, 1.82) is 5.26 Å². The highest BCUT2D eigenvalue weighted by atomic mass is 16.5. The molecule has 2 rings (SSSR count). The van der Waals surface area contributed by atoms with Crippen LogP contribution in [-0.4, -0.2) is 25.2 Å². The Morgan fingerprint density at radius 1 is 1.32 bits per heavy atom. The number of para-hydroxylation sites is 1. The summed E-state index contributed by atoms with van der Waals surface area (Å²) in [6.07, 6.45) is 1.99. The lowest BCUT2D eigenvalue weighted by atomic mass is 10.1. The smallest absolute Gasteiger partial charge is 0.144 e. The molecule has 0 atom stereocenters. The van der Waals surface area contributed by atoms with E-state index in [1.807, 2.05) is 30.3 Å². The average Bonchev–Trinajstić information content (AvgIpc) is 2.46. The SMILES string of the molecule is COCCCCNc1nc2ccccc2cc1C#N. The molecule has 4 heteroatoms. The van der Waals surface area contributed by atoms with Gasteiger partial charge >= 0.3 is 0 Å². The number of rotatable bonds is 6. The minimum Gasteiger partial charge on any atom is -0.385 e. The van der Waals surface area contributed by atoms with Crippen molar-refractivity contribution in [1.82, 2.24) is 4.98 Å². The van der Waals surface area contributed by atoms with Gasteiger partial charge in [-0.15, -0.1) is 0 Å². The van der Waals surface area contributed by atoms with Gasteiger partial charge in [0.15, 0.2) is 0 Å². The number of pyridine rings is 1. The minimum atomic E-state index is 0.588. The quantitative estimate of drug-likeness (QED) is 0.806. The van der Waals surface area contributed by atoms with Gasteiger partial charge in [0.2, 0.25) is 0 Å². The molecule has 0 unspecified atom stereocenters. The van der Waals surface area contributed by atoms with Gasteiger partial charge in [-0.3, -0.25) is 0 Å². The van der Waals surface area contributed by atoms with Crippen molar-refractivity contribution in [2.75, 3.05) is 25.6 Å². The molecule has 0 spiro atoms. The Morgan fingerprint density at radius 3 is 2.95 bits per heavy atom. The number of nitrogens with zero attached hydrogens (tertiary/aromatic N) is 2. The van der Waals surface area contributed by atoms with Crippen LogP contribution in [0.4, 0.5) is 5.82 Å². The number of fused-ring (bicyclic) bond motifs is 1. The lowest BCUT2D eigenvalue weighted by Gasteiger charge is -2.08. The Labute approximate surface area is 113 Å². The lowest BCUT2D eigenvalue weighted by Crippen LogP contribution is -2.06.